The summed E-state index contributed by atoms with van der Waals surface area (Å²) >= 11 is 0. The lowest BCUT2D eigenvalue weighted by molar-refractivity contribution is -0.386. The maximum atomic E-state index is 13.3. The number of ether oxygens (including phenoxy) is 1. The van der Waals surface area contributed by atoms with Crippen LogP contribution in [-0.2, 0) is 22.8 Å². The predicted molar refractivity (Wildman–Crippen MR) is 144 cm³/mol. The van der Waals surface area contributed by atoms with Crippen LogP contribution in [0.4, 0.5) is 18.9 Å². The number of benzene rings is 2. The molecule has 6 rings (SSSR count). The molecule has 2 bridgehead atoms. The number of rotatable bonds is 4. The molecule has 2 aliphatic heterocycles. The van der Waals surface area contributed by atoms with Crippen LogP contribution in [-0.4, -0.2) is 74.8 Å². The monoisotopic (exact) mass is 583 g/mol. The molecule has 220 valence electrons. The number of nitrogens with zero attached hydrogens (tertiary/aromatic N) is 3. The molecule has 2 N–H and O–H groups in total. The summed E-state index contributed by atoms with van der Waals surface area (Å²) in [5, 5.41) is 35.4. The fourth-order valence-corrected chi connectivity index (χ4v) is 7.72. The zero-order valence-electron chi connectivity index (χ0n) is 22.6. The Bertz CT molecular complexity index is 1570. The van der Waals surface area contributed by atoms with Crippen LogP contribution in [0.2, 0.25) is 0 Å². The number of hydrogen-bond donors (Lipinski definition) is 2. The van der Waals surface area contributed by atoms with E-state index in [0.29, 0.717) is 37.1 Å². The van der Waals surface area contributed by atoms with Crippen LogP contribution < -0.4 is 4.74 Å². The highest BCUT2D eigenvalue weighted by Gasteiger charge is 2.74. The smallest absolute Gasteiger partial charge is 0.416 e. The lowest BCUT2D eigenvalue weighted by Crippen LogP contribution is -2.78. The third-order valence-corrected chi connectivity index (χ3v) is 9.55. The summed E-state index contributed by atoms with van der Waals surface area (Å²) in [5.41, 5.74) is -2.45. The van der Waals surface area contributed by atoms with E-state index in [9.17, 15) is 38.3 Å². The molecular weight excluding hydrogens is 555 g/mol. The number of likely N-dealkylation sites (N-methyl/N-ethyl adjacent to an activating group) is 1. The number of aromatic hydroxyl groups is 1. The van der Waals surface area contributed by atoms with Gasteiger partial charge in [-0.1, -0.05) is 12.0 Å². The average molecular weight is 584 g/mol. The van der Waals surface area contributed by atoms with Gasteiger partial charge in [0.2, 0.25) is 0 Å². The molecule has 1 spiro atoms. The lowest BCUT2D eigenvalue weighted by atomic mass is 9.48. The summed E-state index contributed by atoms with van der Waals surface area (Å²) in [6.07, 6.45) is -2.43. The summed E-state index contributed by atoms with van der Waals surface area (Å²) in [4.78, 5) is 28.3. The number of piperidine rings is 1. The summed E-state index contributed by atoms with van der Waals surface area (Å²) in [6.45, 7) is 4.84. The van der Waals surface area contributed by atoms with Gasteiger partial charge < -0.3 is 19.8 Å². The Hall–Kier alpha value is -4.08. The lowest BCUT2D eigenvalue weighted by Gasteiger charge is -2.64. The molecule has 5 atom stereocenters. The summed E-state index contributed by atoms with van der Waals surface area (Å²) in [5.74, 6) is 4.21. The number of likely N-dealkylation sites (tertiary alicyclic amines) is 1. The minimum absolute atomic E-state index is 0.0956. The van der Waals surface area contributed by atoms with Crippen molar-refractivity contribution in [2.24, 2.45) is 0 Å². The second-order valence-corrected chi connectivity index (χ2v) is 11.4. The first-order chi connectivity index (χ1) is 19.8. The van der Waals surface area contributed by atoms with Crippen molar-refractivity contribution in [1.29, 1.82) is 0 Å². The highest BCUT2D eigenvalue weighted by molar-refractivity contribution is 5.94. The largest absolute Gasteiger partial charge is 0.504 e. The van der Waals surface area contributed by atoms with E-state index < -0.39 is 57.5 Å². The second-order valence-electron chi connectivity index (χ2n) is 11.4. The number of nitro benzene ring substituents is 1. The molecule has 1 saturated heterocycles. The highest BCUT2D eigenvalue weighted by Crippen LogP contribution is 2.67. The normalized spacial score (nSPS) is 29.0. The molecule has 2 aliphatic carbocycles. The zero-order valence-corrected chi connectivity index (χ0v) is 22.6. The Labute approximate surface area is 239 Å². The van der Waals surface area contributed by atoms with E-state index >= 15 is 0 Å². The van der Waals surface area contributed by atoms with Crippen LogP contribution >= 0.6 is 0 Å². The van der Waals surface area contributed by atoms with Gasteiger partial charge in [0.15, 0.2) is 11.5 Å². The van der Waals surface area contributed by atoms with Gasteiger partial charge in [0.1, 0.15) is 6.10 Å². The first-order valence-corrected chi connectivity index (χ1v) is 13.6. The molecule has 2 heterocycles. The number of alkyl halides is 3. The van der Waals surface area contributed by atoms with Crippen molar-refractivity contribution in [3.05, 3.63) is 75.4 Å². The molecule has 2 aromatic carbocycles. The van der Waals surface area contributed by atoms with Crippen LogP contribution in [0.3, 0.4) is 0 Å². The van der Waals surface area contributed by atoms with Gasteiger partial charge in [-0.05, 0) is 56.5 Å². The second kappa shape index (κ2) is 9.47. The van der Waals surface area contributed by atoms with E-state index in [2.05, 4.69) is 23.3 Å². The highest BCUT2D eigenvalue weighted by atomic mass is 19.4. The zero-order chi connectivity index (χ0) is 30.2. The fourth-order valence-electron chi connectivity index (χ4n) is 7.72. The van der Waals surface area contributed by atoms with Crippen molar-refractivity contribution in [2.75, 3.05) is 20.1 Å². The molecule has 9 nitrogen and oxygen atoms in total. The molecule has 2 aromatic rings. The van der Waals surface area contributed by atoms with Gasteiger partial charge in [0, 0.05) is 42.2 Å². The van der Waals surface area contributed by atoms with Gasteiger partial charge in [-0.15, -0.1) is 6.58 Å². The van der Waals surface area contributed by atoms with E-state index in [1.54, 1.807) is 6.08 Å². The van der Waals surface area contributed by atoms with Gasteiger partial charge in [0.05, 0.1) is 33.6 Å². The summed E-state index contributed by atoms with van der Waals surface area (Å²) in [7, 11) is 1.54. The van der Waals surface area contributed by atoms with Crippen LogP contribution in [0, 0.1) is 22.0 Å². The first kappa shape index (κ1) is 28.1. The van der Waals surface area contributed by atoms with Crippen LogP contribution in [0.25, 0.3) is 0 Å². The topological polar surface area (TPSA) is 116 Å². The van der Waals surface area contributed by atoms with Crippen LogP contribution in [0.1, 0.15) is 41.5 Å². The maximum Gasteiger partial charge on any atom is 0.416 e. The molecule has 4 aliphatic rings. The Morgan fingerprint density at radius 1 is 1.33 bits per heavy atom. The minimum atomic E-state index is -4.49. The van der Waals surface area contributed by atoms with E-state index in [1.807, 2.05) is 0 Å². The number of phenols is 1. The number of nitro groups is 1. The number of carbonyl (C=O) groups excluding carboxylic acids is 1. The molecule has 12 heteroatoms. The first-order valence-electron chi connectivity index (χ1n) is 13.6. The minimum Gasteiger partial charge on any atom is -0.504 e. The number of hydrogen-bond acceptors (Lipinski definition) is 7. The predicted octanol–water partition coefficient (Wildman–Crippen LogP) is 3.54. The number of aliphatic hydroxyl groups is 1. The molecule has 1 saturated carbocycles. The Balaban J connectivity index is 1.38. The standard InChI is InChI=1S/C30H28F3N3O6/c1-3-13-35-14-12-28-25-19-15-23(35)29(28,39)11-10-20(27(28)42-26(25)22(37)16-21(19)36(40)41)34(2)24(38)9-6-17-4-7-18(8-5-17)30(31,32)33/h3-5,7-8,16,20,23,27,37,39H,1,10-15H2,2H3/t20-,23+,27-,28-,29+/m0/s1. The Morgan fingerprint density at radius 2 is 2.05 bits per heavy atom. The molecule has 0 radical (unpaired) electrons. The number of phenolic OH excluding ortho intramolecular Hbond substituents is 1. The van der Waals surface area contributed by atoms with Crippen LogP contribution in [0.15, 0.2) is 43.0 Å². The van der Waals surface area contributed by atoms with Gasteiger partial charge >= 0.3 is 6.18 Å². The van der Waals surface area contributed by atoms with Crippen LogP contribution in [0.5, 0.6) is 11.5 Å². The van der Waals surface area contributed by atoms with Crippen molar-refractivity contribution >= 4 is 11.6 Å². The van der Waals surface area contributed by atoms with Gasteiger partial charge in [0.25, 0.3) is 11.6 Å². The van der Waals surface area contributed by atoms with Gasteiger partial charge in [-0.3, -0.25) is 19.8 Å². The summed E-state index contributed by atoms with van der Waals surface area (Å²) < 4.78 is 45.0. The van der Waals surface area contributed by atoms with Crippen molar-refractivity contribution in [3.8, 4) is 23.3 Å². The SMILES string of the molecule is C=CCN1CC[C@]23c4c5c([N+](=O)[O-])cc(O)c4O[C@H]2[C@@H](N(C)C(=O)C#Cc2ccc(C(F)(F)F)cc2)CC[C@@]3(O)[C@H]1C5. The van der Waals surface area contributed by atoms with Crippen molar-refractivity contribution in [3.63, 3.8) is 0 Å². The molecule has 2 fully saturated rings. The fraction of sp³-hybridized carbons (Fsp3) is 0.433. The van der Waals surface area contributed by atoms with E-state index in [4.69, 9.17) is 4.74 Å². The quantitative estimate of drug-likeness (QED) is 0.245. The number of amides is 1. The van der Waals surface area contributed by atoms with E-state index in [-0.39, 0.29) is 29.8 Å². The molecule has 0 aromatic heterocycles. The number of halogens is 3. The van der Waals surface area contributed by atoms with Crippen molar-refractivity contribution < 1.29 is 37.8 Å². The van der Waals surface area contributed by atoms with Crippen molar-refractivity contribution in [1.82, 2.24) is 9.80 Å². The number of carbonyl (C=O) groups is 1. The van der Waals surface area contributed by atoms with Crippen molar-refractivity contribution in [2.45, 2.75) is 61.1 Å². The van der Waals surface area contributed by atoms with E-state index in [0.717, 1.165) is 18.2 Å². The third kappa shape index (κ3) is 3.83. The maximum absolute atomic E-state index is 13.3. The molecule has 42 heavy (non-hydrogen) atoms. The Kier molecular flexibility index (Phi) is 6.33. The van der Waals surface area contributed by atoms with Gasteiger partial charge in [-0.25, -0.2) is 0 Å². The summed E-state index contributed by atoms with van der Waals surface area (Å²) in [6, 6.07) is 4.17. The van der Waals surface area contributed by atoms with E-state index in [1.165, 1.54) is 24.1 Å². The molecule has 0 unspecified atom stereocenters. The molecule has 1 amide bonds. The van der Waals surface area contributed by atoms with Gasteiger partial charge in [-0.2, -0.15) is 13.2 Å². The third-order valence-electron chi connectivity index (χ3n) is 9.55. The Morgan fingerprint density at radius 3 is 2.69 bits per heavy atom. The average Bonchev–Trinajstić information content (AvgIpc) is 3.29. The molecular formula is C30H28F3N3O6.